The number of hydrogen-bond acceptors (Lipinski definition) is 5. The Balaban J connectivity index is 0.00000288. The van der Waals surface area contributed by atoms with Crippen LogP contribution in [0.5, 0.6) is 0 Å². The summed E-state index contributed by atoms with van der Waals surface area (Å²) in [5, 5.41) is 3.31. The number of amides is 1. The molecule has 0 spiro atoms. The van der Waals surface area contributed by atoms with Crippen LogP contribution < -0.4 is 11.1 Å². The van der Waals surface area contributed by atoms with Crippen LogP contribution in [-0.4, -0.2) is 30.6 Å². The van der Waals surface area contributed by atoms with Crippen molar-refractivity contribution in [3.05, 3.63) is 34.7 Å². The lowest BCUT2D eigenvalue weighted by molar-refractivity contribution is -0.118. The van der Waals surface area contributed by atoms with Crippen LogP contribution in [0, 0.1) is 6.92 Å². The Kier molecular flexibility index (Phi) is 8.35. The number of nitrogens with zero attached hydrogens (tertiary/aromatic N) is 1. The van der Waals surface area contributed by atoms with Crippen molar-refractivity contribution >= 4 is 34.8 Å². The van der Waals surface area contributed by atoms with Crippen molar-refractivity contribution in [2.75, 3.05) is 19.0 Å². The van der Waals surface area contributed by atoms with E-state index in [9.17, 15) is 4.79 Å². The molecule has 2 aromatic rings. The Hall–Kier alpha value is -1.47. The molecule has 0 aliphatic carbocycles. The average molecular weight is 370 g/mol. The Morgan fingerprint density at radius 1 is 1.38 bits per heavy atom. The van der Waals surface area contributed by atoms with Gasteiger partial charge >= 0.3 is 0 Å². The summed E-state index contributed by atoms with van der Waals surface area (Å²) in [5.41, 5.74) is 8.99. The van der Waals surface area contributed by atoms with Gasteiger partial charge in [0, 0.05) is 17.6 Å². The number of ether oxygens (including phenoxy) is 1. The number of aryl methyl sites for hydroxylation is 2. The van der Waals surface area contributed by atoms with E-state index in [-0.39, 0.29) is 24.9 Å². The first-order valence-electron chi connectivity index (χ1n) is 7.67. The van der Waals surface area contributed by atoms with Gasteiger partial charge in [0.1, 0.15) is 6.04 Å². The number of carbonyl (C=O) groups is 1. The molecule has 2 rings (SSSR count). The van der Waals surface area contributed by atoms with Gasteiger partial charge < -0.3 is 15.8 Å². The van der Waals surface area contributed by atoms with Crippen molar-refractivity contribution in [2.24, 2.45) is 5.73 Å². The predicted octanol–water partition coefficient (Wildman–Crippen LogP) is 3.41. The molecular weight excluding hydrogens is 346 g/mol. The minimum Gasteiger partial charge on any atom is -0.383 e. The van der Waals surface area contributed by atoms with Crippen molar-refractivity contribution in [3.8, 4) is 11.3 Å². The maximum absolute atomic E-state index is 11.9. The highest BCUT2D eigenvalue weighted by Gasteiger charge is 2.16. The zero-order valence-electron chi connectivity index (χ0n) is 14.2. The molecule has 1 amide bonds. The molecule has 1 aromatic carbocycles. The summed E-state index contributed by atoms with van der Waals surface area (Å²) in [7, 11) is 1.51. The van der Waals surface area contributed by atoms with Crippen LogP contribution in [0.1, 0.15) is 23.8 Å². The molecule has 0 saturated heterocycles. The molecule has 7 heteroatoms. The second kappa shape index (κ2) is 9.74. The fourth-order valence-electron chi connectivity index (χ4n) is 2.29. The highest BCUT2D eigenvalue weighted by Crippen LogP contribution is 2.30. The van der Waals surface area contributed by atoms with Gasteiger partial charge in [0.05, 0.1) is 12.3 Å². The van der Waals surface area contributed by atoms with E-state index < -0.39 is 6.04 Å². The summed E-state index contributed by atoms with van der Waals surface area (Å²) in [5.74, 6) is -0.287. The highest BCUT2D eigenvalue weighted by molar-refractivity contribution is 7.16. The van der Waals surface area contributed by atoms with E-state index in [0.717, 1.165) is 29.0 Å². The minimum absolute atomic E-state index is 0. The molecule has 0 radical (unpaired) electrons. The van der Waals surface area contributed by atoms with Gasteiger partial charge in [-0.1, -0.05) is 37.6 Å². The predicted molar refractivity (Wildman–Crippen MR) is 102 cm³/mol. The van der Waals surface area contributed by atoms with Crippen LogP contribution in [0.2, 0.25) is 0 Å². The van der Waals surface area contributed by atoms with Crippen LogP contribution in [0.15, 0.2) is 24.3 Å². The third-order valence-corrected chi connectivity index (χ3v) is 4.36. The van der Waals surface area contributed by atoms with Gasteiger partial charge in [-0.05, 0) is 18.9 Å². The summed E-state index contributed by atoms with van der Waals surface area (Å²) in [6, 6.07) is 7.72. The van der Waals surface area contributed by atoms with Crippen LogP contribution in [-0.2, 0) is 16.0 Å². The number of nitrogens with two attached hydrogens (primary N) is 1. The molecule has 132 valence electrons. The second-order valence-corrected chi connectivity index (χ2v) is 6.63. The van der Waals surface area contributed by atoms with E-state index >= 15 is 0 Å². The van der Waals surface area contributed by atoms with Gasteiger partial charge in [0.15, 0.2) is 5.13 Å². The number of anilines is 1. The van der Waals surface area contributed by atoms with Crippen molar-refractivity contribution in [1.29, 1.82) is 0 Å². The third-order valence-electron chi connectivity index (χ3n) is 3.48. The quantitative estimate of drug-likeness (QED) is 0.784. The second-order valence-electron chi connectivity index (χ2n) is 5.42. The van der Waals surface area contributed by atoms with E-state index in [4.69, 9.17) is 10.5 Å². The van der Waals surface area contributed by atoms with Gasteiger partial charge in [0.2, 0.25) is 5.91 Å². The normalized spacial score (nSPS) is 11.7. The fraction of sp³-hybridized carbons (Fsp3) is 0.412. The highest BCUT2D eigenvalue weighted by atomic mass is 35.5. The van der Waals surface area contributed by atoms with Gasteiger partial charge in [-0.15, -0.1) is 23.7 Å². The summed E-state index contributed by atoms with van der Waals surface area (Å²) in [4.78, 5) is 17.5. The summed E-state index contributed by atoms with van der Waals surface area (Å²) >= 11 is 1.45. The molecule has 1 atom stereocenters. The Bertz CT molecular complexity index is 658. The standard InChI is InChI=1S/C17H23N3O2S.ClH/c1-4-5-12-6-8-13(9-7-12)15-11(2)23-17(19-15)20-16(21)14(18)10-22-3;/h6-9,14H,4-5,10,18H2,1-3H3,(H,19,20,21);1H. The monoisotopic (exact) mass is 369 g/mol. The number of methoxy groups -OCH3 is 1. The zero-order chi connectivity index (χ0) is 16.8. The fourth-order valence-corrected chi connectivity index (χ4v) is 3.13. The lowest BCUT2D eigenvalue weighted by Crippen LogP contribution is -2.39. The SMILES string of the molecule is CCCc1ccc(-c2nc(NC(=O)C(N)COC)sc2C)cc1.Cl. The van der Waals surface area contributed by atoms with Crippen LogP contribution in [0.4, 0.5) is 5.13 Å². The molecule has 0 saturated carbocycles. The minimum atomic E-state index is -0.694. The smallest absolute Gasteiger partial charge is 0.245 e. The van der Waals surface area contributed by atoms with Crippen molar-refractivity contribution in [1.82, 2.24) is 4.98 Å². The molecule has 1 heterocycles. The Labute approximate surface area is 153 Å². The van der Waals surface area contributed by atoms with E-state index in [0.29, 0.717) is 5.13 Å². The molecule has 0 bridgehead atoms. The van der Waals surface area contributed by atoms with Crippen molar-refractivity contribution < 1.29 is 9.53 Å². The first-order valence-corrected chi connectivity index (χ1v) is 8.49. The number of benzene rings is 1. The first-order chi connectivity index (χ1) is 11.0. The molecule has 1 unspecified atom stereocenters. The Morgan fingerprint density at radius 2 is 2.04 bits per heavy atom. The van der Waals surface area contributed by atoms with Gasteiger partial charge in [-0.3, -0.25) is 4.79 Å². The largest absolute Gasteiger partial charge is 0.383 e. The van der Waals surface area contributed by atoms with Crippen LogP contribution in [0.3, 0.4) is 0 Å². The molecular formula is C17H24ClN3O2S. The van der Waals surface area contributed by atoms with E-state index in [1.807, 2.05) is 6.92 Å². The number of hydrogen-bond donors (Lipinski definition) is 2. The zero-order valence-corrected chi connectivity index (χ0v) is 15.8. The van der Waals surface area contributed by atoms with E-state index in [1.54, 1.807) is 0 Å². The van der Waals surface area contributed by atoms with Crippen LogP contribution >= 0.6 is 23.7 Å². The maximum Gasteiger partial charge on any atom is 0.245 e. The number of thiazole rings is 1. The number of nitrogens with one attached hydrogen (secondary N) is 1. The van der Waals surface area contributed by atoms with Crippen LogP contribution in [0.25, 0.3) is 11.3 Å². The van der Waals surface area contributed by atoms with E-state index in [2.05, 4.69) is 41.5 Å². The number of halogens is 1. The van der Waals surface area contributed by atoms with Crippen molar-refractivity contribution in [3.63, 3.8) is 0 Å². The van der Waals surface area contributed by atoms with E-state index in [1.165, 1.54) is 24.0 Å². The first kappa shape index (κ1) is 20.6. The van der Waals surface area contributed by atoms with Gasteiger partial charge in [-0.2, -0.15) is 0 Å². The third kappa shape index (κ3) is 5.27. The molecule has 0 aliphatic heterocycles. The molecule has 5 nitrogen and oxygen atoms in total. The average Bonchev–Trinajstić information content (AvgIpc) is 2.89. The molecule has 24 heavy (non-hydrogen) atoms. The summed E-state index contributed by atoms with van der Waals surface area (Å²) in [6.45, 7) is 4.35. The maximum atomic E-state index is 11.9. The Morgan fingerprint density at radius 3 is 2.62 bits per heavy atom. The lowest BCUT2D eigenvalue weighted by atomic mass is 10.1. The number of carbonyl (C=O) groups excluding carboxylic acids is 1. The molecule has 0 fully saturated rings. The van der Waals surface area contributed by atoms with Crippen molar-refractivity contribution in [2.45, 2.75) is 32.7 Å². The summed E-state index contributed by atoms with van der Waals surface area (Å²) in [6.07, 6.45) is 2.21. The number of aromatic nitrogens is 1. The topological polar surface area (TPSA) is 77.2 Å². The van der Waals surface area contributed by atoms with Gasteiger partial charge in [-0.25, -0.2) is 4.98 Å². The molecule has 1 aromatic heterocycles. The molecule has 0 aliphatic rings. The number of rotatable bonds is 7. The summed E-state index contributed by atoms with van der Waals surface area (Å²) < 4.78 is 4.89. The lowest BCUT2D eigenvalue weighted by Gasteiger charge is -2.08. The van der Waals surface area contributed by atoms with Gasteiger partial charge in [0.25, 0.3) is 0 Å². The molecule has 3 N–H and O–H groups in total.